The van der Waals surface area contributed by atoms with E-state index in [0.29, 0.717) is 0 Å². The van der Waals surface area contributed by atoms with Gasteiger partial charge in [-0.3, -0.25) is 0 Å². The molecule has 0 atom stereocenters. The zero-order valence-corrected chi connectivity index (χ0v) is 6.75. The monoisotopic (exact) mass is 158 g/mol. The van der Waals surface area contributed by atoms with Gasteiger partial charge in [-0.2, -0.15) is 0 Å². The van der Waals surface area contributed by atoms with Gasteiger partial charge >= 0.3 is 5.97 Å². The highest BCUT2D eigenvalue weighted by Crippen LogP contribution is 2.12. The Bertz CT molecular complexity index is 125. The molecular formula is C8H14O3. The lowest BCUT2D eigenvalue weighted by Crippen LogP contribution is -2.26. The fraction of sp³-hybridized carbons (Fsp3) is 0.625. The third-order valence-electron chi connectivity index (χ3n) is 1.46. The van der Waals surface area contributed by atoms with Crippen molar-refractivity contribution in [3.05, 3.63) is 12.7 Å². The van der Waals surface area contributed by atoms with E-state index < -0.39 is 5.97 Å². The summed E-state index contributed by atoms with van der Waals surface area (Å²) in [5.41, 5.74) is 0. The van der Waals surface area contributed by atoms with Gasteiger partial charge in [0.05, 0.1) is 13.2 Å². The van der Waals surface area contributed by atoms with Crippen LogP contribution in [0.15, 0.2) is 12.7 Å². The van der Waals surface area contributed by atoms with Crippen LogP contribution in [-0.4, -0.2) is 24.3 Å². The SMILES string of the molecule is C=CC(=O)O.CCC1COC1. The zero-order chi connectivity index (χ0) is 8.69. The Kier molecular flexibility index (Phi) is 5.47. The van der Waals surface area contributed by atoms with Gasteiger partial charge in [0.25, 0.3) is 0 Å². The second-order valence-electron chi connectivity index (χ2n) is 2.35. The number of carbonyl (C=O) groups is 1. The summed E-state index contributed by atoms with van der Waals surface area (Å²) in [4.78, 5) is 9.25. The number of ether oxygens (including phenoxy) is 1. The van der Waals surface area contributed by atoms with Gasteiger partial charge in [-0.05, 0) is 6.42 Å². The van der Waals surface area contributed by atoms with E-state index in [2.05, 4.69) is 13.5 Å². The van der Waals surface area contributed by atoms with Crippen LogP contribution >= 0.6 is 0 Å². The molecule has 64 valence electrons. The molecule has 1 aliphatic heterocycles. The van der Waals surface area contributed by atoms with E-state index in [-0.39, 0.29) is 0 Å². The van der Waals surface area contributed by atoms with E-state index in [9.17, 15) is 4.79 Å². The normalized spacial score (nSPS) is 15.7. The van der Waals surface area contributed by atoms with Crippen LogP contribution in [0.5, 0.6) is 0 Å². The molecule has 0 amide bonds. The summed E-state index contributed by atoms with van der Waals surface area (Å²) in [5.74, 6) is -0.0880. The van der Waals surface area contributed by atoms with Gasteiger partial charge in [-0.25, -0.2) is 4.79 Å². The molecule has 0 spiro atoms. The van der Waals surface area contributed by atoms with E-state index in [1.165, 1.54) is 6.42 Å². The minimum Gasteiger partial charge on any atom is -0.478 e. The van der Waals surface area contributed by atoms with Gasteiger partial charge in [0.1, 0.15) is 0 Å². The second-order valence-corrected chi connectivity index (χ2v) is 2.35. The summed E-state index contributed by atoms with van der Waals surface area (Å²) in [6.45, 7) is 7.18. The van der Waals surface area contributed by atoms with Crippen LogP contribution in [0.25, 0.3) is 0 Å². The van der Waals surface area contributed by atoms with Gasteiger partial charge in [-0.1, -0.05) is 13.5 Å². The first kappa shape index (κ1) is 10.2. The Balaban J connectivity index is 0.000000187. The molecule has 0 aliphatic carbocycles. The van der Waals surface area contributed by atoms with Crippen molar-refractivity contribution in [2.75, 3.05) is 13.2 Å². The first-order valence-electron chi connectivity index (χ1n) is 3.63. The largest absolute Gasteiger partial charge is 0.478 e. The van der Waals surface area contributed by atoms with Crippen molar-refractivity contribution in [2.24, 2.45) is 5.92 Å². The molecule has 1 saturated heterocycles. The number of carboxylic acids is 1. The fourth-order valence-corrected chi connectivity index (χ4v) is 0.520. The fourth-order valence-electron chi connectivity index (χ4n) is 0.520. The molecule has 0 saturated carbocycles. The van der Waals surface area contributed by atoms with Crippen molar-refractivity contribution in [2.45, 2.75) is 13.3 Å². The van der Waals surface area contributed by atoms with E-state index >= 15 is 0 Å². The van der Waals surface area contributed by atoms with Crippen LogP contribution in [0, 0.1) is 5.92 Å². The molecule has 0 unspecified atom stereocenters. The zero-order valence-electron chi connectivity index (χ0n) is 6.75. The Hall–Kier alpha value is -0.830. The maximum Gasteiger partial charge on any atom is 0.327 e. The lowest BCUT2D eigenvalue weighted by molar-refractivity contribution is -0.131. The predicted molar refractivity (Wildman–Crippen MR) is 42.4 cm³/mol. The highest BCUT2D eigenvalue weighted by Gasteiger charge is 2.14. The molecule has 0 bridgehead atoms. The molecule has 3 heteroatoms. The van der Waals surface area contributed by atoms with Crippen LogP contribution in [0.2, 0.25) is 0 Å². The van der Waals surface area contributed by atoms with E-state index in [1.54, 1.807) is 0 Å². The molecule has 1 rings (SSSR count). The summed E-state index contributed by atoms with van der Waals surface area (Å²) in [5, 5.41) is 7.60. The maximum absolute atomic E-state index is 9.25. The topological polar surface area (TPSA) is 46.5 Å². The summed E-state index contributed by atoms with van der Waals surface area (Å²) >= 11 is 0. The number of rotatable bonds is 2. The summed E-state index contributed by atoms with van der Waals surface area (Å²) < 4.78 is 4.93. The Morgan fingerprint density at radius 3 is 2.27 bits per heavy atom. The molecule has 0 aromatic heterocycles. The average molecular weight is 158 g/mol. The molecule has 1 aliphatic rings. The van der Waals surface area contributed by atoms with Crippen molar-refractivity contribution in [3.8, 4) is 0 Å². The lowest BCUT2D eigenvalue weighted by Gasteiger charge is -2.23. The molecule has 11 heavy (non-hydrogen) atoms. The Labute approximate surface area is 66.7 Å². The first-order chi connectivity index (χ1) is 5.20. The Morgan fingerprint density at radius 2 is 2.27 bits per heavy atom. The third-order valence-corrected chi connectivity index (χ3v) is 1.46. The molecule has 0 aromatic carbocycles. The van der Waals surface area contributed by atoms with Gasteiger partial charge in [0.15, 0.2) is 0 Å². The quantitative estimate of drug-likeness (QED) is 0.616. The molecular weight excluding hydrogens is 144 g/mol. The van der Waals surface area contributed by atoms with Gasteiger partial charge in [0.2, 0.25) is 0 Å². The molecule has 0 radical (unpaired) electrons. The number of hydrogen-bond acceptors (Lipinski definition) is 2. The predicted octanol–water partition coefficient (Wildman–Crippen LogP) is 1.30. The third kappa shape index (κ3) is 5.61. The van der Waals surface area contributed by atoms with Gasteiger partial charge in [-0.15, -0.1) is 0 Å². The van der Waals surface area contributed by atoms with Crippen molar-refractivity contribution < 1.29 is 14.6 Å². The van der Waals surface area contributed by atoms with Crippen LogP contribution < -0.4 is 0 Å². The molecule has 1 N–H and O–H groups in total. The number of aliphatic carboxylic acids is 1. The van der Waals surface area contributed by atoms with Crippen LogP contribution in [0.3, 0.4) is 0 Å². The van der Waals surface area contributed by atoms with Crippen molar-refractivity contribution in [1.29, 1.82) is 0 Å². The van der Waals surface area contributed by atoms with Gasteiger partial charge in [0, 0.05) is 12.0 Å². The smallest absolute Gasteiger partial charge is 0.327 e. The standard InChI is InChI=1S/C5H10O.C3H4O2/c1-2-5-3-6-4-5;1-2-3(4)5/h5H,2-4H2,1H3;2H,1H2,(H,4,5). The van der Waals surface area contributed by atoms with E-state index in [4.69, 9.17) is 9.84 Å². The van der Waals surface area contributed by atoms with E-state index in [1.807, 2.05) is 0 Å². The number of carboxylic acid groups (broad SMARTS) is 1. The van der Waals surface area contributed by atoms with Crippen molar-refractivity contribution in [1.82, 2.24) is 0 Å². The van der Waals surface area contributed by atoms with Crippen molar-refractivity contribution in [3.63, 3.8) is 0 Å². The van der Waals surface area contributed by atoms with Crippen LogP contribution in [0.4, 0.5) is 0 Å². The highest BCUT2D eigenvalue weighted by molar-refractivity contribution is 5.78. The molecule has 1 heterocycles. The lowest BCUT2D eigenvalue weighted by atomic mass is 10.1. The average Bonchev–Trinajstić information content (AvgIpc) is 1.87. The minimum absolute atomic E-state index is 0.833. The Morgan fingerprint density at radius 1 is 1.82 bits per heavy atom. The maximum atomic E-state index is 9.25. The minimum atomic E-state index is -0.981. The second kappa shape index (κ2) is 5.92. The van der Waals surface area contributed by atoms with Crippen LogP contribution in [0.1, 0.15) is 13.3 Å². The molecule has 3 nitrogen and oxygen atoms in total. The van der Waals surface area contributed by atoms with Crippen molar-refractivity contribution >= 4 is 5.97 Å². The summed E-state index contributed by atoms with van der Waals surface area (Å²) in [7, 11) is 0. The van der Waals surface area contributed by atoms with E-state index in [0.717, 1.165) is 25.2 Å². The summed E-state index contributed by atoms with van der Waals surface area (Å²) in [6.07, 6.45) is 2.12. The first-order valence-corrected chi connectivity index (χ1v) is 3.63. The summed E-state index contributed by atoms with van der Waals surface area (Å²) in [6, 6.07) is 0. The molecule has 0 aromatic rings. The highest BCUT2D eigenvalue weighted by atomic mass is 16.5. The van der Waals surface area contributed by atoms with Crippen LogP contribution in [-0.2, 0) is 9.53 Å². The van der Waals surface area contributed by atoms with Gasteiger partial charge < -0.3 is 9.84 Å². The number of hydrogen-bond donors (Lipinski definition) is 1. The molecule has 1 fully saturated rings.